The molecular formula is C18H23N3O3. The number of hydrogen-bond donors (Lipinski definition) is 1. The molecular weight excluding hydrogens is 306 g/mol. The fraction of sp³-hybridized carbons (Fsp3) is 0.556. The van der Waals surface area contributed by atoms with Crippen LogP contribution in [0.2, 0.25) is 0 Å². The molecule has 1 N–H and O–H groups in total. The molecule has 2 aliphatic rings. The number of hydrogen-bond acceptors (Lipinski definition) is 5. The number of amides is 1. The van der Waals surface area contributed by atoms with Crippen LogP contribution in [0.4, 0.5) is 0 Å². The summed E-state index contributed by atoms with van der Waals surface area (Å²) < 4.78 is 11.3. The zero-order chi connectivity index (χ0) is 17.0. The van der Waals surface area contributed by atoms with E-state index in [1.807, 2.05) is 24.3 Å². The number of nitrogens with one attached hydrogen (secondary N) is 1. The van der Waals surface area contributed by atoms with E-state index in [9.17, 15) is 4.79 Å². The average Bonchev–Trinajstić information content (AvgIpc) is 2.58. The Morgan fingerprint density at radius 3 is 2.92 bits per heavy atom. The fourth-order valence-electron chi connectivity index (χ4n) is 3.64. The minimum atomic E-state index is -0.272. The van der Waals surface area contributed by atoms with Gasteiger partial charge in [0, 0.05) is 32.2 Å². The Balaban J connectivity index is 1.78. The second-order valence-electron chi connectivity index (χ2n) is 6.51. The van der Waals surface area contributed by atoms with Gasteiger partial charge in [-0.05, 0) is 18.9 Å². The van der Waals surface area contributed by atoms with Crippen molar-refractivity contribution < 1.29 is 14.3 Å². The molecule has 3 rings (SSSR count). The Bertz CT molecular complexity index is 633. The van der Waals surface area contributed by atoms with Crippen LogP contribution in [-0.4, -0.2) is 49.8 Å². The largest absolute Gasteiger partial charge is 0.487 e. The van der Waals surface area contributed by atoms with Crippen molar-refractivity contribution in [2.45, 2.75) is 30.9 Å². The van der Waals surface area contributed by atoms with Crippen molar-refractivity contribution in [2.75, 3.05) is 33.4 Å². The molecule has 0 radical (unpaired) electrons. The van der Waals surface area contributed by atoms with Crippen molar-refractivity contribution >= 4 is 5.91 Å². The lowest BCUT2D eigenvalue weighted by molar-refractivity contribution is -0.126. The van der Waals surface area contributed by atoms with E-state index < -0.39 is 0 Å². The van der Waals surface area contributed by atoms with Crippen LogP contribution in [0.3, 0.4) is 0 Å². The van der Waals surface area contributed by atoms with Crippen molar-refractivity contribution in [2.24, 2.45) is 0 Å². The number of likely N-dealkylation sites (tertiary alicyclic amines) is 1. The molecule has 6 nitrogen and oxygen atoms in total. The van der Waals surface area contributed by atoms with Gasteiger partial charge in [-0.3, -0.25) is 9.69 Å². The summed E-state index contributed by atoms with van der Waals surface area (Å²) >= 11 is 0. The highest BCUT2D eigenvalue weighted by molar-refractivity contribution is 5.77. The number of fused-ring (bicyclic) bond motifs is 1. The molecule has 0 saturated carbocycles. The molecule has 1 fully saturated rings. The Kier molecular flexibility index (Phi) is 5.03. The molecule has 1 amide bonds. The Hall–Kier alpha value is -2.10. The van der Waals surface area contributed by atoms with Crippen molar-refractivity contribution in [1.29, 1.82) is 5.26 Å². The van der Waals surface area contributed by atoms with E-state index >= 15 is 0 Å². The quantitative estimate of drug-likeness (QED) is 0.850. The second kappa shape index (κ2) is 7.20. The molecule has 2 aliphatic heterocycles. The lowest BCUT2D eigenvalue weighted by Crippen LogP contribution is -2.52. The Morgan fingerprint density at radius 1 is 1.46 bits per heavy atom. The van der Waals surface area contributed by atoms with Crippen LogP contribution in [0.15, 0.2) is 24.3 Å². The van der Waals surface area contributed by atoms with E-state index in [1.165, 1.54) is 7.11 Å². The third-order valence-electron chi connectivity index (χ3n) is 4.87. The highest BCUT2D eigenvalue weighted by atomic mass is 16.5. The number of nitrogens with zero attached hydrogens (tertiary/aromatic N) is 2. The third kappa shape index (κ3) is 3.53. The molecule has 0 aliphatic carbocycles. The smallest absolute Gasteiger partial charge is 0.246 e. The van der Waals surface area contributed by atoms with Crippen molar-refractivity contribution in [3.05, 3.63) is 29.8 Å². The number of para-hydroxylation sites is 1. The molecule has 1 aromatic carbocycles. The predicted octanol–water partition coefficient (Wildman–Crippen LogP) is 1.63. The van der Waals surface area contributed by atoms with Crippen LogP contribution in [0.25, 0.3) is 0 Å². The van der Waals surface area contributed by atoms with E-state index in [0.29, 0.717) is 6.54 Å². The molecule has 6 heteroatoms. The van der Waals surface area contributed by atoms with Gasteiger partial charge >= 0.3 is 0 Å². The Labute approximate surface area is 142 Å². The van der Waals surface area contributed by atoms with Gasteiger partial charge in [0.15, 0.2) is 0 Å². The van der Waals surface area contributed by atoms with E-state index in [-0.39, 0.29) is 24.2 Å². The summed E-state index contributed by atoms with van der Waals surface area (Å²) in [4.78, 5) is 14.2. The summed E-state index contributed by atoms with van der Waals surface area (Å²) in [6.45, 7) is 2.20. The summed E-state index contributed by atoms with van der Waals surface area (Å²) in [5.41, 5.74) is 0.748. The van der Waals surface area contributed by atoms with Crippen LogP contribution in [0.5, 0.6) is 5.75 Å². The van der Waals surface area contributed by atoms with E-state index in [1.54, 1.807) is 0 Å². The molecule has 0 aromatic heterocycles. The van der Waals surface area contributed by atoms with Crippen molar-refractivity contribution in [3.8, 4) is 11.8 Å². The SMILES string of the molecule is COCC(=O)N[C@H]1CC2(CCN(CC#N)CC2)Oc2ccccc21. The summed E-state index contributed by atoms with van der Waals surface area (Å²) in [5, 5.41) is 11.9. The fourth-order valence-corrected chi connectivity index (χ4v) is 3.64. The average molecular weight is 329 g/mol. The zero-order valence-electron chi connectivity index (χ0n) is 14.0. The summed E-state index contributed by atoms with van der Waals surface area (Å²) in [6, 6.07) is 10.0. The first-order valence-electron chi connectivity index (χ1n) is 8.31. The molecule has 1 atom stereocenters. The van der Waals surface area contributed by atoms with E-state index in [2.05, 4.69) is 16.3 Å². The van der Waals surface area contributed by atoms with E-state index in [0.717, 1.165) is 43.7 Å². The van der Waals surface area contributed by atoms with Gasteiger partial charge in [-0.2, -0.15) is 5.26 Å². The number of piperidine rings is 1. The number of carbonyl (C=O) groups is 1. The first-order chi connectivity index (χ1) is 11.7. The van der Waals surface area contributed by atoms with Crippen LogP contribution >= 0.6 is 0 Å². The minimum absolute atomic E-state index is 0.0580. The number of carbonyl (C=O) groups excluding carboxylic acids is 1. The standard InChI is InChI=1S/C18H23N3O3/c1-23-13-17(22)20-15-12-18(6-9-21(10-7-18)11-8-19)24-16-5-3-2-4-14(15)16/h2-5,15H,6-7,9-13H2,1H3,(H,20,22)/t15-/m0/s1. The lowest BCUT2D eigenvalue weighted by atomic mass is 9.80. The lowest BCUT2D eigenvalue weighted by Gasteiger charge is -2.46. The molecule has 0 unspecified atom stereocenters. The minimum Gasteiger partial charge on any atom is -0.487 e. The molecule has 1 aromatic rings. The van der Waals surface area contributed by atoms with Crippen LogP contribution < -0.4 is 10.1 Å². The molecule has 24 heavy (non-hydrogen) atoms. The van der Waals surface area contributed by atoms with Crippen molar-refractivity contribution in [3.63, 3.8) is 0 Å². The first kappa shape index (κ1) is 16.7. The predicted molar refractivity (Wildman–Crippen MR) is 88.5 cm³/mol. The molecule has 1 spiro atoms. The Morgan fingerprint density at radius 2 is 2.21 bits per heavy atom. The first-order valence-corrected chi connectivity index (χ1v) is 8.31. The number of ether oxygens (including phenoxy) is 2. The van der Waals surface area contributed by atoms with Gasteiger partial charge in [0.2, 0.25) is 5.91 Å². The maximum absolute atomic E-state index is 12.0. The summed E-state index contributed by atoms with van der Waals surface area (Å²) in [7, 11) is 1.52. The van der Waals surface area contributed by atoms with Gasteiger partial charge in [-0.1, -0.05) is 18.2 Å². The van der Waals surface area contributed by atoms with Crippen LogP contribution in [0.1, 0.15) is 30.9 Å². The number of methoxy groups -OCH3 is 1. The van der Waals surface area contributed by atoms with Gasteiger partial charge in [0.05, 0.1) is 18.7 Å². The third-order valence-corrected chi connectivity index (χ3v) is 4.87. The monoisotopic (exact) mass is 329 g/mol. The molecule has 2 heterocycles. The maximum atomic E-state index is 12.0. The summed E-state index contributed by atoms with van der Waals surface area (Å²) in [5.74, 6) is 0.733. The van der Waals surface area contributed by atoms with Crippen molar-refractivity contribution in [1.82, 2.24) is 10.2 Å². The topological polar surface area (TPSA) is 74.6 Å². The molecule has 128 valence electrons. The van der Waals surface area contributed by atoms with Crippen LogP contribution in [0, 0.1) is 11.3 Å². The highest BCUT2D eigenvalue weighted by Crippen LogP contribution is 2.44. The summed E-state index contributed by atoms with van der Waals surface area (Å²) in [6.07, 6.45) is 2.47. The number of nitriles is 1. The zero-order valence-corrected chi connectivity index (χ0v) is 14.0. The number of rotatable bonds is 4. The highest BCUT2D eigenvalue weighted by Gasteiger charge is 2.43. The molecule has 1 saturated heterocycles. The van der Waals surface area contributed by atoms with Gasteiger partial charge in [-0.25, -0.2) is 0 Å². The van der Waals surface area contributed by atoms with E-state index in [4.69, 9.17) is 14.7 Å². The normalized spacial score (nSPS) is 22.2. The van der Waals surface area contributed by atoms with Gasteiger partial charge in [0.25, 0.3) is 0 Å². The van der Waals surface area contributed by atoms with Crippen LogP contribution in [-0.2, 0) is 9.53 Å². The second-order valence-corrected chi connectivity index (χ2v) is 6.51. The van der Waals surface area contributed by atoms with Gasteiger partial charge in [0.1, 0.15) is 18.0 Å². The van der Waals surface area contributed by atoms with Gasteiger partial charge < -0.3 is 14.8 Å². The maximum Gasteiger partial charge on any atom is 0.246 e. The molecule has 0 bridgehead atoms. The number of benzene rings is 1. The van der Waals surface area contributed by atoms with Gasteiger partial charge in [-0.15, -0.1) is 0 Å².